The SMILES string of the molecule is Cc1nc(C(=O)Nc2ccc(OCc3cccc(F)c3)c(F)c2)cs1. The summed E-state index contributed by atoms with van der Waals surface area (Å²) >= 11 is 1.36. The second kappa shape index (κ2) is 7.40. The zero-order chi connectivity index (χ0) is 17.8. The van der Waals surface area contributed by atoms with E-state index in [4.69, 9.17) is 4.74 Å². The summed E-state index contributed by atoms with van der Waals surface area (Å²) in [5.74, 6) is -1.38. The van der Waals surface area contributed by atoms with Gasteiger partial charge >= 0.3 is 0 Å². The van der Waals surface area contributed by atoms with Crippen LogP contribution in [0.1, 0.15) is 21.1 Å². The predicted octanol–water partition coefficient (Wildman–Crippen LogP) is 4.56. The van der Waals surface area contributed by atoms with E-state index in [2.05, 4.69) is 10.3 Å². The molecule has 128 valence electrons. The van der Waals surface area contributed by atoms with E-state index < -0.39 is 11.7 Å². The Morgan fingerprint density at radius 1 is 1.24 bits per heavy atom. The third-order valence-electron chi connectivity index (χ3n) is 3.32. The van der Waals surface area contributed by atoms with Gasteiger partial charge < -0.3 is 10.1 Å². The minimum Gasteiger partial charge on any atom is -0.486 e. The Bertz CT molecular complexity index is 912. The second-order valence-corrected chi connectivity index (χ2v) is 6.33. The van der Waals surface area contributed by atoms with Gasteiger partial charge in [-0.1, -0.05) is 12.1 Å². The molecule has 7 heteroatoms. The minimum absolute atomic E-state index is 0.0202. The molecule has 4 nitrogen and oxygen atoms in total. The number of benzene rings is 2. The topological polar surface area (TPSA) is 51.2 Å². The van der Waals surface area contributed by atoms with Gasteiger partial charge in [0.1, 0.15) is 18.1 Å². The number of hydrogen-bond donors (Lipinski definition) is 1. The first-order chi connectivity index (χ1) is 12.0. The van der Waals surface area contributed by atoms with Gasteiger partial charge in [-0.25, -0.2) is 13.8 Å². The molecule has 0 aliphatic carbocycles. The highest BCUT2D eigenvalue weighted by atomic mass is 32.1. The van der Waals surface area contributed by atoms with Gasteiger partial charge in [0.15, 0.2) is 11.6 Å². The van der Waals surface area contributed by atoms with Crippen LogP contribution in [0.3, 0.4) is 0 Å². The lowest BCUT2D eigenvalue weighted by Gasteiger charge is -2.09. The van der Waals surface area contributed by atoms with Crippen molar-refractivity contribution >= 4 is 22.9 Å². The Labute approximate surface area is 147 Å². The van der Waals surface area contributed by atoms with E-state index in [-0.39, 0.29) is 23.9 Å². The number of hydrogen-bond acceptors (Lipinski definition) is 4. The number of nitrogens with one attached hydrogen (secondary N) is 1. The number of aromatic nitrogens is 1. The van der Waals surface area contributed by atoms with E-state index in [0.717, 1.165) is 11.1 Å². The lowest BCUT2D eigenvalue weighted by molar-refractivity contribution is 0.102. The first-order valence-electron chi connectivity index (χ1n) is 7.41. The number of rotatable bonds is 5. The van der Waals surface area contributed by atoms with Crippen LogP contribution in [-0.4, -0.2) is 10.9 Å². The average Bonchev–Trinajstić information content (AvgIpc) is 3.01. The van der Waals surface area contributed by atoms with Gasteiger partial charge in [-0.3, -0.25) is 4.79 Å². The van der Waals surface area contributed by atoms with Gasteiger partial charge in [-0.2, -0.15) is 0 Å². The number of nitrogens with zero attached hydrogens (tertiary/aromatic N) is 1. The van der Waals surface area contributed by atoms with Crippen molar-refractivity contribution in [3.8, 4) is 5.75 Å². The number of aryl methyl sites for hydroxylation is 1. The summed E-state index contributed by atoms with van der Waals surface area (Å²) in [6.07, 6.45) is 0. The fourth-order valence-electron chi connectivity index (χ4n) is 2.15. The van der Waals surface area contributed by atoms with E-state index in [9.17, 15) is 13.6 Å². The van der Waals surface area contributed by atoms with Gasteiger partial charge in [0.25, 0.3) is 5.91 Å². The number of thiazole rings is 1. The molecule has 1 N–H and O–H groups in total. The number of carbonyl (C=O) groups is 1. The zero-order valence-electron chi connectivity index (χ0n) is 13.3. The standard InChI is InChI=1S/C18H14F2N2O2S/c1-11-21-16(10-25-11)18(23)22-14-5-6-17(15(20)8-14)24-9-12-3-2-4-13(19)7-12/h2-8,10H,9H2,1H3,(H,22,23). The Morgan fingerprint density at radius 2 is 2.08 bits per heavy atom. The van der Waals surface area contributed by atoms with Crippen molar-refractivity contribution in [1.29, 1.82) is 0 Å². The number of halogens is 2. The van der Waals surface area contributed by atoms with Crippen LogP contribution >= 0.6 is 11.3 Å². The molecule has 0 fully saturated rings. The van der Waals surface area contributed by atoms with Gasteiger partial charge in [0.2, 0.25) is 0 Å². The van der Waals surface area contributed by atoms with E-state index in [1.807, 2.05) is 0 Å². The van der Waals surface area contributed by atoms with Crippen LogP contribution < -0.4 is 10.1 Å². The van der Waals surface area contributed by atoms with Gasteiger partial charge in [0.05, 0.1) is 5.01 Å². The first-order valence-corrected chi connectivity index (χ1v) is 8.29. The average molecular weight is 360 g/mol. The van der Waals surface area contributed by atoms with Crippen LogP contribution in [0.5, 0.6) is 5.75 Å². The zero-order valence-corrected chi connectivity index (χ0v) is 14.1. The van der Waals surface area contributed by atoms with Crippen LogP contribution in [0.4, 0.5) is 14.5 Å². The van der Waals surface area contributed by atoms with Crippen LogP contribution in [0.2, 0.25) is 0 Å². The summed E-state index contributed by atoms with van der Waals surface area (Å²) in [5, 5.41) is 4.99. The van der Waals surface area contributed by atoms with Crippen molar-refractivity contribution in [3.63, 3.8) is 0 Å². The predicted molar refractivity (Wildman–Crippen MR) is 91.9 cm³/mol. The molecule has 0 saturated carbocycles. The molecular weight excluding hydrogens is 346 g/mol. The largest absolute Gasteiger partial charge is 0.486 e. The first kappa shape index (κ1) is 17.0. The van der Waals surface area contributed by atoms with E-state index >= 15 is 0 Å². The van der Waals surface area contributed by atoms with Crippen LogP contribution in [0, 0.1) is 18.6 Å². The molecule has 0 spiro atoms. The Hall–Kier alpha value is -2.80. The fourth-order valence-corrected chi connectivity index (χ4v) is 2.74. The Kier molecular flexibility index (Phi) is 5.04. The molecule has 0 radical (unpaired) electrons. The Morgan fingerprint density at radius 3 is 2.76 bits per heavy atom. The molecule has 0 atom stereocenters. The summed E-state index contributed by atoms with van der Waals surface area (Å²) in [5.41, 5.74) is 1.18. The number of ether oxygens (including phenoxy) is 1. The summed E-state index contributed by atoms with van der Waals surface area (Å²) in [6.45, 7) is 1.84. The van der Waals surface area contributed by atoms with Crippen molar-refractivity contribution in [2.45, 2.75) is 13.5 Å². The molecule has 3 aromatic rings. The van der Waals surface area contributed by atoms with Gasteiger partial charge in [0, 0.05) is 17.1 Å². The van der Waals surface area contributed by atoms with E-state index in [1.54, 1.807) is 24.4 Å². The van der Waals surface area contributed by atoms with E-state index in [1.165, 1.54) is 35.6 Å². The molecular formula is C18H14F2N2O2S. The number of anilines is 1. The van der Waals surface area contributed by atoms with Gasteiger partial charge in [-0.15, -0.1) is 11.3 Å². The fraction of sp³-hybridized carbons (Fsp3) is 0.111. The molecule has 1 amide bonds. The maximum absolute atomic E-state index is 14.1. The lowest BCUT2D eigenvalue weighted by Crippen LogP contribution is -2.12. The maximum Gasteiger partial charge on any atom is 0.275 e. The quantitative estimate of drug-likeness (QED) is 0.726. The van der Waals surface area contributed by atoms with Crippen LogP contribution in [-0.2, 0) is 6.61 Å². The lowest BCUT2D eigenvalue weighted by atomic mass is 10.2. The third kappa shape index (κ3) is 4.39. The highest BCUT2D eigenvalue weighted by Crippen LogP contribution is 2.23. The summed E-state index contributed by atoms with van der Waals surface area (Å²) in [7, 11) is 0. The molecule has 0 unspecified atom stereocenters. The molecule has 25 heavy (non-hydrogen) atoms. The summed E-state index contributed by atoms with van der Waals surface area (Å²) < 4.78 is 32.6. The highest BCUT2D eigenvalue weighted by molar-refractivity contribution is 7.09. The van der Waals surface area contributed by atoms with Crippen LogP contribution in [0.25, 0.3) is 0 Å². The number of carbonyl (C=O) groups excluding carboxylic acids is 1. The smallest absolute Gasteiger partial charge is 0.275 e. The molecule has 0 aliphatic heterocycles. The molecule has 3 rings (SSSR count). The van der Waals surface area contributed by atoms with Crippen molar-refractivity contribution < 1.29 is 18.3 Å². The van der Waals surface area contributed by atoms with Crippen molar-refractivity contribution in [1.82, 2.24) is 4.98 Å². The second-order valence-electron chi connectivity index (χ2n) is 5.27. The molecule has 0 saturated heterocycles. The van der Waals surface area contributed by atoms with Gasteiger partial charge in [-0.05, 0) is 36.8 Å². The Balaban J connectivity index is 1.65. The van der Waals surface area contributed by atoms with Crippen molar-refractivity contribution in [2.24, 2.45) is 0 Å². The van der Waals surface area contributed by atoms with Crippen molar-refractivity contribution in [2.75, 3.05) is 5.32 Å². The maximum atomic E-state index is 14.1. The number of amides is 1. The third-order valence-corrected chi connectivity index (χ3v) is 4.10. The van der Waals surface area contributed by atoms with Crippen LogP contribution in [0.15, 0.2) is 47.8 Å². The van der Waals surface area contributed by atoms with Crippen molar-refractivity contribution in [3.05, 3.63) is 75.7 Å². The molecule has 0 aliphatic rings. The normalized spacial score (nSPS) is 10.5. The highest BCUT2D eigenvalue weighted by Gasteiger charge is 2.12. The minimum atomic E-state index is -0.622. The molecule has 0 bridgehead atoms. The summed E-state index contributed by atoms with van der Waals surface area (Å²) in [6, 6.07) is 10.00. The molecule has 1 heterocycles. The summed E-state index contributed by atoms with van der Waals surface area (Å²) in [4.78, 5) is 16.1. The molecule has 1 aromatic heterocycles. The molecule has 2 aromatic carbocycles. The van der Waals surface area contributed by atoms with E-state index in [0.29, 0.717) is 11.3 Å². The monoisotopic (exact) mass is 360 g/mol.